The van der Waals surface area contributed by atoms with Crippen LogP contribution in [0.1, 0.15) is 51.2 Å². The normalized spacial score (nSPS) is 10.6. The number of hydrogen-bond acceptors (Lipinski definition) is 11. The molecule has 7 aromatic rings. The standard InChI is InChI=1S/C13H13NO.C12H12N2O.3C7H8BrNO/c1-15-13(11-6-3-2-4-7-11)12-8-5-9-14-10-12;1-15-12(10-4-2-6-13-8-10)11-5-3-7-14-9-11;1-10-5-6-2-7(8)4-9-3-6;1-10-5-6-2-3-7(8)9-4-6;1-10-5-6-3-2-4-9-7(6)8/h2-10,13H,1H3;2-9,12H,1H3;3*2-4H,5H2,1H3. The lowest BCUT2D eigenvalue weighted by Crippen LogP contribution is -2.03. The van der Waals surface area contributed by atoms with E-state index in [1.165, 1.54) is 0 Å². The molecule has 0 bridgehead atoms. The molecule has 0 fully saturated rings. The van der Waals surface area contributed by atoms with E-state index in [1.807, 2.05) is 91.1 Å². The number of pyridine rings is 6. The Morgan fingerprint density at radius 3 is 1.42 bits per heavy atom. The lowest BCUT2D eigenvalue weighted by atomic mass is 10.0. The Morgan fingerprint density at radius 2 is 0.967 bits per heavy atom. The lowest BCUT2D eigenvalue weighted by molar-refractivity contribution is 0.136. The second kappa shape index (κ2) is 30.4. The van der Waals surface area contributed by atoms with Crippen molar-refractivity contribution in [2.75, 3.05) is 35.5 Å². The minimum Gasteiger partial charge on any atom is -0.380 e. The van der Waals surface area contributed by atoms with Crippen LogP contribution in [-0.4, -0.2) is 65.5 Å². The minimum atomic E-state index is -0.0904. The fourth-order valence-electron chi connectivity index (χ4n) is 5.19. The van der Waals surface area contributed by atoms with E-state index in [-0.39, 0.29) is 12.2 Å². The third kappa shape index (κ3) is 19.2. The molecule has 0 radical (unpaired) electrons. The van der Waals surface area contributed by atoms with Crippen molar-refractivity contribution in [2.24, 2.45) is 0 Å². The number of nitrogens with zero attached hydrogens (tertiary/aromatic N) is 6. The summed E-state index contributed by atoms with van der Waals surface area (Å²) >= 11 is 9.86. The van der Waals surface area contributed by atoms with Crippen LogP contribution in [0.5, 0.6) is 0 Å². The van der Waals surface area contributed by atoms with E-state index in [0.717, 1.165) is 52.6 Å². The first-order valence-corrected chi connectivity index (χ1v) is 20.8. The highest BCUT2D eigenvalue weighted by atomic mass is 79.9. The Hall–Kier alpha value is -4.64. The SMILES string of the molecule is COC(c1ccccc1)c1cccnc1.COC(c1cccnc1)c1cccnc1.COCc1ccc(Br)nc1.COCc1cccnc1Br.COCc1cncc(Br)c1. The van der Waals surface area contributed by atoms with Crippen LogP contribution in [0, 0.1) is 0 Å². The van der Waals surface area contributed by atoms with Crippen LogP contribution >= 0.6 is 47.8 Å². The zero-order valence-electron chi connectivity index (χ0n) is 34.1. The summed E-state index contributed by atoms with van der Waals surface area (Å²) in [4.78, 5) is 24.3. The number of halogens is 3. The summed E-state index contributed by atoms with van der Waals surface area (Å²) in [5.74, 6) is 0. The van der Waals surface area contributed by atoms with Crippen molar-refractivity contribution in [3.8, 4) is 0 Å². The monoisotopic (exact) mass is 1000 g/mol. The maximum atomic E-state index is 5.48. The summed E-state index contributed by atoms with van der Waals surface area (Å²) in [6.07, 6.45) is 17.7. The van der Waals surface area contributed by atoms with Crippen LogP contribution in [0.25, 0.3) is 0 Å². The largest absolute Gasteiger partial charge is 0.380 e. The highest BCUT2D eigenvalue weighted by Crippen LogP contribution is 2.25. The summed E-state index contributed by atoms with van der Waals surface area (Å²) in [6, 6.07) is 31.6. The average molecular weight is 1010 g/mol. The van der Waals surface area contributed by atoms with Gasteiger partial charge in [-0.15, -0.1) is 0 Å². The van der Waals surface area contributed by atoms with Gasteiger partial charge in [0, 0.05) is 124 Å². The molecular formula is C46H49Br3N6O5. The maximum Gasteiger partial charge on any atom is 0.111 e. The molecule has 11 nitrogen and oxygen atoms in total. The van der Waals surface area contributed by atoms with Crippen LogP contribution in [-0.2, 0) is 43.5 Å². The number of aromatic nitrogens is 6. The molecule has 314 valence electrons. The first-order chi connectivity index (χ1) is 29.3. The predicted octanol–water partition coefficient (Wildman–Crippen LogP) is 11.0. The van der Waals surface area contributed by atoms with E-state index in [0.29, 0.717) is 19.8 Å². The summed E-state index contributed by atoms with van der Waals surface area (Å²) in [7, 11) is 8.40. The quantitative estimate of drug-likeness (QED) is 0.109. The van der Waals surface area contributed by atoms with Crippen molar-refractivity contribution in [1.29, 1.82) is 0 Å². The van der Waals surface area contributed by atoms with Crippen molar-refractivity contribution in [1.82, 2.24) is 29.9 Å². The summed E-state index contributed by atoms with van der Waals surface area (Å²) in [5.41, 5.74) is 7.53. The van der Waals surface area contributed by atoms with E-state index < -0.39 is 0 Å². The molecule has 1 aromatic carbocycles. The van der Waals surface area contributed by atoms with Gasteiger partial charge < -0.3 is 23.7 Å². The minimum absolute atomic E-state index is 0.0279. The van der Waals surface area contributed by atoms with Gasteiger partial charge in [-0.2, -0.15) is 0 Å². The van der Waals surface area contributed by atoms with Gasteiger partial charge in [0.1, 0.15) is 21.4 Å². The molecule has 1 atom stereocenters. The molecule has 0 amide bonds. The number of ether oxygens (including phenoxy) is 5. The second-order valence-electron chi connectivity index (χ2n) is 12.3. The Bertz CT molecular complexity index is 1970. The van der Waals surface area contributed by atoms with Crippen molar-refractivity contribution in [3.05, 3.63) is 212 Å². The Morgan fingerprint density at radius 1 is 0.450 bits per heavy atom. The first-order valence-electron chi connectivity index (χ1n) is 18.4. The van der Waals surface area contributed by atoms with Gasteiger partial charge in [0.05, 0.1) is 19.8 Å². The van der Waals surface area contributed by atoms with Crippen LogP contribution < -0.4 is 0 Å². The molecule has 60 heavy (non-hydrogen) atoms. The van der Waals surface area contributed by atoms with E-state index in [4.69, 9.17) is 23.7 Å². The van der Waals surface area contributed by atoms with Gasteiger partial charge in [-0.3, -0.25) is 19.9 Å². The van der Waals surface area contributed by atoms with Gasteiger partial charge in [0.15, 0.2) is 0 Å². The summed E-state index contributed by atoms with van der Waals surface area (Å²) < 4.78 is 28.4. The molecular weight excluding hydrogens is 956 g/mol. The summed E-state index contributed by atoms with van der Waals surface area (Å²) in [5, 5.41) is 0. The third-order valence-corrected chi connectivity index (χ3v) is 9.46. The highest BCUT2D eigenvalue weighted by molar-refractivity contribution is 9.11. The molecule has 1 unspecified atom stereocenters. The molecule has 0 saturated heterocycles. The van der Waals surface area contributed by atoms with Crippen LogP contribution in [0.15, 0.2) is 173 Å². The molecule has 0 spiro atoms. The molecule has 6 heterocycles. The first kappa shape index (κ1) is 49.7. The third-order valence-electron chi connectivity index (χ3n) is 7.84. The van der Waals surface area contributed by atoms with E-state index in [1.54, 1.807) is 91.3 Å². The van der Waals surface area contributed by atoms with Crippen molar-refractivity contribution in [3.63, 3.8) is 0 Å². The van der Waals surface area contributed by atoms with Crippen LogP contribution in [0.3, 0.4) is 0 Å². The average Bonchev–Trinajstić information content (AvgIpc) is 3.29. The van der Waals surface area contributed by atoms with Gasteiger partial charge in [0.2, 0.25) is 0 Å². The predicted molar refractivity (Wildman–Crippen MR) is 245 cm³/mol. The Balaban J connectivity index is 0.000000203. The van der Waals surface area contributed by atoms with E-state index in [9.17, 15) is 0 Å². The number of hydrogen-bond donors (Lipinski definition) is 0. The Labute approximate surface area is 378 Å². The molecule has 14 heteroatoms. The van der Waals surface area contributed by atoms with Crippen molar-refractivity contribution >= 4 is 47.8 Å². The van der Waals surface area contributed by atoms with Gasteiger partial charge in [0.25, 0.3) is 0 Å². The highest BCUT2D eigenvalue weighted by Gasteiger charge is 2.13. The topological polar surface area (TPSA) is 123 Å². The van der Waals surface area contributed by atoms with Crippen LogP contribution in [0.4, 0.5) is 0 Å². The molecule has 0 N–H and O–H groups in total. The fourth-order valence-corrected chi connectivity index (χ4v) is 6.20. The van der Waals surface area contributed by atoms with Gasteiger partial charge in [-0.25, -0.2) is 9.97 Å². The van der Waals surface area contributed by atoms with Crippen molar-refractivity contribution < 1.29 is 23.7 Å². The number of rotatable bonds is 12. The second-order valence-corrected chi connectivity index (χ2v) is 14.7. The van der Waals surface area contributed by atoms with Gasteiger partial charge in [-0.1, -0.05) is 60.7 Å². The molecule has 7 rings (SSSR count). The summed E-state index contributed by atoms with van der Waals surface area (Å²) in [6.45, 7) is 1.85. The number of methoxy groups -OCH3 is 5. The molecule has 0 aliphatic rings. The Kier molecular flexibility index (Phi) is 25.2. The van der Waals surface area contributed by atoms with E-state index >= 15 is 0 Å². The molecule has 6 aromatic heterocycles. The molecule has 0 saturated carbocycles. The smallest absolute Gasteiger partial charge is 0.111 e. The van der Waals surface area contributed by atoms with Crippen molar-refractivity contribution in [2.45, 2.75) is 32.0 Å². The zero-order chi connectivity index (χ0) is 43.2. The maximum absolute atomic E-state index is 5.48. The zero-order valence-corrected chi connectivity index (χ0v) is 38.9. The lowest BCUT2D eigenvalue weighted by Gasteiger charge is -2.15. The molecule has 0 aliphatic carbocycles. The molecule has 0 aliphatic heterocycles. The number of benzene rings is 1. The van der Waals surface area contributed by atoms with Gasteiger partial charge >= 0.3 is 0 Å². The fraction of sp³-hybridized carbons (Fsp3) is 0.217. The van der Waals surface area contributed by atoms with Gasteiger partial charge in [-0.05, 0) is 101 Å². The van der Waals surface area contributed by atoms with E-state index in [2.05, 4.69) is 89.8 Å². The van der Waals surface area contributed by atoms with Crippen LogP contribution in [0.2, 0.25) is 0 Å².